The number of benzene rings is 1. The maximum Gasteiger partial charge on any atom is 0.0907 e. The number of aliphatic hydroxyl groups excluding tert-OH is 1. The first kappa shape index (κ1) is 13.0. The van der Waals surface area contributed by atoms with Crippen LogP contribution < -0.4 is 5.32 Å². The van der Waals surface area contributed by atoms with Gasteiger partial charge < -0.3 is 10.4 Å². The number of hydrogen-bond acceptors (Lipinski definition) is 4. The molecular formula is C13H17N3OS. The van der Waals surface area contributed by atoms with Gasteiger partial charge in [0, 0.05) is 29.5 Å². The van der Waals surface area contributed by atoms with Gasteiger partial charge in [-0.2, -0.15) is 5.10 Å². The number of aromatic nitrogens is 2. The Hall–Kier alpha value is -1.46. The smallest absolute Gasteiger partial charge is 0.0907 e. The lowest BCUT2D eigenvalue weighted by Crippen LogP contribution is -2.25. The first-order valence-electron chi connectivity index (χ1n) is 5.81. The van der Waals surface area contributed by atoms with E-state index >= 15 is 0 Å². The van der Waals surface area contributed by atoms with E-state index in [1.807, 2.05) is 30.7 Å². The summed E-state index contributed by atoms with van der Waals surface area (Å²) in [7, 11) is 0. The van der Waals surface area contributed by atoms with E-state index in [2.05, 4.69) is 22.5 Å². The molecule has 2 N–H and O–H groups in total. The molecule has 1 heterocycles. The van der Waals surface area contributed by atoms with Gasteiger partial charge in [-0.25, -0.2) is 0 Å². The number of anilines is 1. The lowest BCUT2D eigenvalue weighted by Gasteiger charge is -2.13. The van der Waals surface area contributed by atoms with Gasteiger partial charge in [-0.1, -0.05) is 6.07 Å². The molecule has 4 nitrogen and oxygen atoms in total. The second kappa shape index (κ2) is 6.47. The van der Waals surface area contributed by atoms with E-state index in [1.165, 1.54) is 4.90 Å². The number of nitrogens with one attached hydrogen (secondary N) is 1. The summed E-state index contributed by atoms with van der Waals surface area (Å²) in [5.41, 5.74) is 1.03. The standard InChI is InChI=1S/C13H17N3OS/c1-18-13-5-2-4-11(8-13)14-9-12(17)10-16-7-3-6-15-16/h2-8,12,14,17H,9-10H2,1H3. The largest absolute Gasteiger partial charge is 0.389 e. The highest BCUT2D eigenvalue weighted by molar-refractivity contribution is 7.98. The SMILES string of the molecule is CSc1cccc(NCC(O)Cn2cccn2)c1. The highest BCUT2D eigenvalue weighted by Gasteiger charge is 2.05. The van der Waals surface area contributed by atoms with Crippen LogP contribution in [-0.2, 0) is 6.54 Å². The Morgan fingerprint density at radius 1 is 1.44 bits per heavy atom. The minimum Gasteiger partial charge on any atom is -0.389 e. The molecule has 0 fully saturated rings. The minimum absolute atomic E-state index is 0.456. The van der Waals surface area contributed by atoms with Crippen molar-refractivity contribution in [1.82, 2.24) is 9.78 Å². The van der Waals surface area contributed by atoms with E-state index in [4.69, 9.17) is 0 Å². The van der Waals surface area contributed by atoms with Crippen LogP contribution in [0.4, 0.5) is 5.69 Å². The topological polar surface area (TPSA) is 50.1 Å². The van der Waals surface area contributed by atoms with Crippen LogP contribution in [0.25, 0.3) is 0 Å². The van der Waals surface area contributed by atoms with Gasteiger partial charge in [-0.3, -0.25) is 4.68 Å². The zero-order valence-electron chi connectivity index (χ0n) is 10.3. The summed E-state index contributed by atoms with van der Waals surface area (Å²) in [5, 5.41) is 17.2. The molecule has 0 saturated carbocycles. The monoisotopic (exact) mass is 263 g/mol. The van der Waals surface area contributed by atoms with Crippen LogP contribution in [0.3, 0.4) is 0 Å². The fourth-order valence-corrected chi connectivity index (χ4v) is 2.12. The maximum absolute atomic E-state index is 9.88. The Bertz CT molecular complexity index is 473. The molecule has 1 aromatic heterocycles. The lowest BCUT2D eigenvalue weighted by molar-refractivity contribution is 0.161. The van der Waals surface area contributed by atoms with Gasteiger partial charge >= 0.3 is 0 Å². The summed E-state index contributed by atoms with van der Waals surface area (Å²) in [4.78, 5) is 1.21. The van der Waals surface area contributed by atoms with Crippen LogP contribution in [0, 0.1) is 0 Å². The number of rotatable bonds is 6. The Balaban J connectivity index is 1.83. The van der Waals surface area contributed by atoms with E-state index < -0.39 is 6.10 Å². The van der Waals surface area contributed by atoms with Crippen molar-refractivity contribution in [3.63, 3.8) is 0 Å². The Labute approximate surface area is 111 Å². The predicted octanol–water partition coefficient (Wildman–Crippen LogP) is 2.08. The zero-order valence-corrected chi connectivity index (χ0v) is 11.1. The molecule has 0 aliphatic heterocycles. The summed E-state index contributed by atoms with van der Waals surface area (Å²) < 4.78 is 1.73. The molecule has 96 valence electrons. The second-order valence-corrected chi connectivity index (χ2v) is 4.87. The highest BCUT2D eigenvalue weighted by Crippen LogP contribution is 2.18. The molecular weight excluding hydrogens is 246 g/mol. The molecule has 0 saturated heterocycles. The molecule has 0 amide bonds. The molecule has 0 aliphatic rings. The lowest BCUT2D eigenvalue weighted by atomic mass is 10.3. The summed E-state index contributed by atoms with van der Waals surface area (Å²) in [6, 6.07) is 10.00. The molecule has 0 aliphatic carbocycles. The third-order valence-corrected chi connectivity index (χ3v) is 3.29. The molecule has 0 radical (unpaired) electrons. The summed E-state index contributed by atoms with van der Waals surface area (Å²) in [6.45, 7) is 1.01. The molecule has 1 unspecified atom stereocenters. The third kappa shape index (κ3) is 3.78. The third-order valence-electron chi connectivity index (χ3n) is 2.57. The van der Waals surface area contributed by atoms with Gasteiger partial charge in [0.15, 0.2) is 0 Å². The number of nitrogens with zero attached hydrogens (tertiary/aromatic N) is 2. The van der Waals surface area contributed by atoms with Gasteiger partial charge in [0.1, 0.15) is 0 Å². The highest BCUT2D eigenvalue weighted by atomic mass is 32.2. The van der Waals surface area contributed by atoms with Gasteiger partial charge in [-0.15, -0.1) is 11.8 Å². The van der Waals surface area contributed by atoms with E-state index in [0.717, 1.165) is 5.69 Å². The fourth-order valence-electron chi connectivity index (χ4n) is 1.66. The van der Waals surface area contributed by atoms with Crippen LogP contribution in [-0.4, -0.2) is 33.8 Å². The Kier molecular flexibility index (Phi) is 4.66. The number of aliphatic hydroxyl groups is 1. The van der Waals surface area contributed by atoms with Gasteiger partial charge in [0.05, 0.1) is 12.6 Å². The molecule has 5 heteroatoms. The molecule has 0 bridgehead atoms. The quantitative estimate of drug-likeness (QED) is 0.783. The molecule has 18 heavy (non-hydrogen) atoms. The molecule has 2 aromatic rings. The van der Waals surface area contributed by atoms with Crippen LogP contribution in [0.2, 0.25) is 0 Å². The maximum atomic E-state index is 9.88. The average molecular weight is 263 g/mol. The Morgan fingerprint density at radius 3 is 3.06 bits per heavy atom. The summed E-state index contributed by atoms with van der Waals surface area (Å²) in [6.07, 6.45) is 5.15. The van der Waals surface area contributed by atoms with Crippen LogP contribution in [0.5, 0.6) is 0 Å². The van der Waals surface area contributed by atoms with Gasteiger partial charge in [0.25, 0.3) is 0 Å². The van der Waals surface area contributed by atoms with Crippen molar-refractivity contribution in [2.45, 2.75) is 17.5 Å². The molecule has 2 rings (SSSR count). The summed E-state index contributed by atoms with van der Waals surface area (Å²) >= 11 is 1.70. The molecule has 1 aromatic carbocycles. The van der Waals surface area contributed by atoms with Crippen molar-refractivity contribution in [3.8, 4) is 0 Å². The predicted molar refractivity (Wildman–Crippen MR) is 74.9 cm³/mol. The van der Waals surface area contributed by atoms with Crippen LogP contribution in [0.15, 0.2) is 47.6 Å². The van der Waals surface area contributed by atoms with Crippen molar-refractivity contribution in [2.24, 2.45) is 0 Å². The van der Waals surface area contributed by atoms with Crippen molar-refractivity contribution >= 4 is 17.4 Å². The summed E-state index contributed by atoms with van der Waals surface area (Å²) in [5.74, 6) is 0. The molecule has 0 spiro atoms. The van der Waals surface area contributed by atoms with Gasteiger partial charge in [0.2, 0.25) is 0 Å². The first-order chi connectivity index (χ1) is 8.78. The number of thioether (sulfide) groups is 1. The van der Waals surface area contributed by atoms with Crippen LogP contribution in [0.1, 0.15) is 0 Å². The van der Waals surface area contributed by atoms with Crippen molar-refractivity contribution in [1.29, 1.82) is 0 Å². The van der Waals surface area contributed by atoms with Gasteiger partial charge in [-0.05, 0) is 30.5 Å². The number of hydrogen-bond donors (Lipinski definition) is 2. The van der Waals surface area contributed by atoms with Crippen LogP contribution >= 0.6 is 11.8 Å². The van der Waals surface area contributed by atoms with E-state index in [0.29, 0.717) is 13.1 Å². The second-order valence-electron chi connectivity index (χ2n) is 3.99. The molecule has 1 atom stereocenters. The van der Waals surface area contributed by atoms with E-state index in [9.17, 15) is 5.11 Å². The van der Waals surface area contributed by atoms with Crippen molar-refractivity contribution in [3.05, 3.63) is 42.7 Å². The zero-order chi connectivity index (χ0) is 12.8. The van der Waals surface area contributed by atoms with E-state index in [1.54, 1.807) is 22.6 Å². The fraction of sp³-hybridized carbons (Fsp3) is 0.308. The Morgan fingerprint density at radius 2 is 2.33 bits per heavy atom. The normalized spacial score (nSPS) is 12.3. The first-order valence-corrected chi connectivity index (χ1v) is 7.04. The average Bonchev–Trinajstić information content (AvgIpc) is 2.89. The van der Waals surface area contributed by atoms with Crippen molar-refractivity contribution < 1.29 is 5.11 Å². The van der Waals surface area contributed by atoms with Crippen molar-refractivity contribution in [2.75, 3.05) is 18.1 Å². The minimum atomic E-state index is -0.456. The van der Waals surface area contributed by atoms with E-state index in [-0.39, 0.29) is 0 Å².